The topological polar surface area (TPSA) is 80.3 Å². The van der Waals surface area contributed by atoms with Crippen molar-refractivity contribution < 1.29 is 28.8 Å². The van der Waals surface area contributed by atoms with Crippen molar-refractivity contribution in [2.75, 3.05) is 12.0 Å². The zero-order chi connectivity index (χ0) is 20.9. The molecule has 2 N–H and O–H groups in total. The van der Waals surface area contributed by atoms with Crippen LogP contribution >= 0.6 is 0 Å². The number of imide groups is 1. The summed E-state index contributed by atoms with van der Waals surface area (Å²) in [4.78, 5) is 40.4. The van der Waals surface area contributed by atoms with E-state index in [0.717, 1.165) is 16.0 Å². The third-order valence-electron chi connectivity index (χ3n) is 6.08. The average molecular weight is 397 g/mol. The number of nitrogens with zero attached hydrogens (tertiary/aromatic N) is 1. The van der Waals surface area contributed by atoms with Gasteiger partial charge in [-0.25, -0.2) is 14.1 Å². The summed E-state index contributed by atoms with van der Waals surface area (Å²) in [6.07, 6.45) is 0. The van der Waals surface area contributed by atoms with Gasteiger partial charge in [-0.3, -0.25) is 9.59 Å². The first-order valence-corrected chi connectivity index (χ1v) is 9.42. The van der Waals surface area contributed by atoms with Crippen molar-refractivity contribution in [3.8, 4) is 0 Å². The maximum absolute atomic E-state index is 13.4. The summed E-state index contributed by atoms with van der Waals surface area (Å²) in [7, 11) is 1.27. The molecule has 4 atom stereocenters. The summed E-state index contributed by atoms with van der Waals surface area (Å²) in [6.45, 7) is 3.61. The number of methoxy groups -OCH3 is 1. The Bertz CT molecular complexity index is 989. The van der Waals surface area contributed by atoms with Gasteiger partial charge in [0, 0.05) is 12.5 Å². The van der Waals surface area contributed by atoms with Crippen LogP contribution in [-0.2, 0) is 19.1 Å². The van der Waals surface area contributed by atoms with Crippen molar-refractivity contribution in [3.05, 3.63) is 65.5 Å². The van der Waals surface area contributed by atoms with Gasteiger partial charge in [-0.2, -0.15) is 0 Å². The zero-order valence-electron chi connectivity index (χ0n) is 16.4. The highest BCUT2D eigenvalue weighted by molar-refractivity contribution is 6.23. The van der Waals surface area contributed by atoms with Gasteiger partial charge in [0.05, 0.1) is 12.8 Å². The fraction of sp³-hybridized carbons (Fsp3) is 0.318. The highest BCUT2D eigenvalue weighted by Crippen LogP contribution is 2.45. The van der Waals surface area contributed by atoms with E-state index < -0.39 is 41.1 Å². The Morgan fingerprint density at radius 1 is 1.07 bits per heavy atom. The number of ether oxygens (including phenoxy) is 1. The first kappa shape index (κ1) is 19.3. The van der Waals surface area contributed by atoms with Crippen molar-refractivity contribution in [2.24, 2.45) is 11.8 Å². The number of aryl methyl sites for hydroxylation is 1. The molecule has 0 bridgehead atoms. The molecule has 2 aliphatic heterocycles. The van der Waals surface area contributed by atoms with Crippen LogP contribution in [0.3, 0.4) is 0 Å². The molecule has 150 valence electrons. The molecule has 4 rings (SSSR count). The van der Waals surface area contributed by atoms with Gasteiger partial charge in [-0.05, 0) is 31.2 Å². The number of hydrogen-bond donors (Lipinski definition) is 1. The highest BCUT2D eigenvalue weighted by Gasteiger charge is 2.70. The predicted molar refractivity (Wildman–Crippen MR) is 102 cm³/mol. The third-order valence-corrected chi connectivity index (χ3v) is 6.08. The molecule has 2 amide bonds. The van der Waals surface area contributed by atoms with Crippen molar-refractivity contribution in [1.29, 1.82) is 0 Å². The van der Waals surface area contributed by atoms with Crippen molar-refractivity contribution >= 4 is 23.5 Å². The van der Waals surface area contributed by atoms with Gasteiger partial charge < -0.3 is 10.1 Å². The van der Waals surface area contributed by atoms with Crippen LogP contribution in [0.5, 0.6) is 0 Å². The SMILES string of the molecule is COC(=O)[C@@]1(C)[NH2+][C@@H](c2ccc(C)cc2)[C@@H]2C(=O)N(c3ccc(F)cc3)C(=O)[C@H]21. The van der Waals surface area contributed by atoms with E-state index in [4.69, 9.17) is 4.74 Å². The second-order valence-corrected chi connectivity index (χ2v) is 7.87. The number of amides is 2. The quantitative estimate of drug-likeness (QED) is 0.629. The minimum absolute atomic E-state index is 0.297. The molecule has 2 fully saturated rings. The van der Waals surface area contributed by atoms with Crippen molar-refractivity contribution in [1.82, 2.24) is 0 Å². The van der Waals surface area contributed by atoms with Crippen molar-refractivity contribution in [2.45, 2.75) is 25.4 Å². The summed E-state index contributed by atoms with van der Waals surface area (Å²) in [5, 5.41) is 1.77. The number of esters is 1. The Hall–Kier alpha value is -3.06. The summed E-state index contributed by atoms with van der Waals surface area (Å²) in [5.74, 6) is -3.47. The second kappa shape index (κ2) is 6.77. The molecule has 6 nitrogen and oxygen atoms in total. The van der Waals surface area contributed by atoms with Crippen LogP contribution < -0.4 is 10.2 Å². The van der Waals surface area contributed by atoms with E-state index in [9.17, 15) is 18.8 Å². The van der Waals surface area contributed by atoms with Crippen LogP contribution in [0.2, 0.25) is 0 Å². The maximum Gasteiger partial charge on any atom is 0.368 e. The standard InChI is InChI=1S/C22H21FN2O4/c1-12-4-6-13(7-5-12)18-16-17(22(2,24-18)21(28)29-3)20(27)25(19(16)26)15-10-8-14(23)9-11-15/h4-11,16-18,24H,1-3H3/p+1/t16-,17+,18+,22+/m1/s1. The number of carbonyl (C=O) groups is 3. The second-order valence-electron chi connectivity index (χ2n) is 7.87. The maximum atomic E-state index is 13.4. The van der Waals surface area contributed by atoms with Crippen LogP contribution in [0.15, 0.2) is 48.5 Å². The molecule has 0 spiro atoms. The van der Waals surface area contributed by atoms with Crippen LogP contribution in [0.1, 0.15) is 24.1 Å². The number of hydrogen-bond acceptors (Lipinski definition) is 4. The zero-order valence-corrected chi connectivity index (χ0v) is 16.4. The molecular weight excluding hydrogens is 375 g/mol. The molecule has 0 saturated carbocycles. The minimum Gasteiger partial charge on any atom is -0.464 e. The normalized spacial score (nSPS) is 28.6. The van der Waals surface area contributed by atoms with E-state index in [1.165, 1.54) is 31.4 Å². The fourth-order valence-corrected chi connectivity index (χ4v) is 4.62. The van der Waals surface area contributed by atoms with Gasteiger partial charge in [-0.1, -0.05) is 29.8 Å². The summed E-state index contributed by atoms with van der Waals surface area (Å²) in [6, 6.07) is 12.5. The number of rotatable bonds is 3. The molecule has 29 heavy (non-hydrogen) atoms. The van der Waals surface area contributed by atoms with E-state index in [1.54, 1.807) is 12.2 Å². The number of benzene rings is 2. The van der Waals surface area contributed by atoms with E-state index in [-0.39, 0.29) is 5.91 Å². The third kappa shape index (κ3) is 2.84. The molecule has 2 aromatic rings. The minimum atomic E-state index is -1.24. The smallest absolute Gasteiger partial charge is 0.368 e. The lowest BCUT2D eigenvalue weighted by molar-refractivity contribution is -0.730. The molecule has 0 aromatic heterocycles. The number of carbonyl (C=O) groups excluding carboxylic acids is 3. The molecule has 0 unspecified atom stereocenters. The number of fused-ring (bicyclic) bond motifs is 1. The molecule has 0 aliphatic carbocycles. The van der Waals surface area contributed by atoms with Gasteiger partial charge in [-0.15, -0.1) is 0 Å². The molecule has 2 saturated heterocycles. The predicted octanol–water partition coefficient (Wildman–Crippen LogP) is 1.49. The molecular formula is C22H22FN2O4+. The first-order chi connectivity index (χ1) is 13.8. The first-order valence-electron chi connectivity index (χ1n) is 9.42. The Morgan fingerprint density at radius 2 is 1.69 bits per heavy atom. The molecule has 7 heteroatoms. The van der Waals surface area contributed by atoms with Crippen LogP contribution in [0.25, 0.3) is 0 Å². The Kier molecular flexibility index (Phi) is 4.50. The summed E-state index contributed by atoms with van der Waals surface area (Å²) in [5.41, 5.74) is 0.989. The van der Waals surface area contributed by atoms with E-state index >= 15 is 0 Å². The number of nitrogens with two attached hydrogens (primary N) is 1. The molecule has 2 heterocycles. The average Bonchev–Trinajstić information content (AvgIpc) is 3.17. The molecule has 0 radical (unpaired) electrons. The van der Waals surface area contributed by atoms with Crippen LogP contribution in [-0.4, -0.2) is 30.4 Å². The lowest BCUT2D eigenvalue weighted by Gasteiger charge is -2.25. The van der Waals surface area contributed by atoms with Crippen molar-refractivity contribution in [3.63, 3.8) is 0 Å². The molecule has 2 aliphatic rings. The Morgan fingerprint density at radius 3 is 2.28 bits per heavy atom. The Balaban J connectivity index is 1.81. The highest BCUT2D eigenvalue weighted by atomic mass is 19.1. The van der Waals surface area contributed by atoms with Crippen LogP contribution in [0, 0.1) is 24.6 Å². The largest absolute Gasteiger partial charge is 0.464 e. The van der Waals surface area contributed by atoms with Gasteiger partial charge >= 0.3 is 5.97 Å². The monoisotopic (exact) mass is 397 g/mol. The van der Waals surface area contributed by atoms with E-state index in [1.807, 2.05) is 31.2 Å². The summed E-state index contributed by atoms with van der Waals surface area (Å²) < 4.78 is 18.3. The summed E-state index contributed by atoms with van der Waals surface area (Å²) >= 11 is 0. The van der Waals surface area contributed by atoms with Gasteiger partial charge in [0.25, 0.3) is 0 Å². The number of anilines is 1. The van der Waals surface area contributed by atoms with E-state index in [2.05, 4.69) is 0 Å². The Labute approximate surface area is 167 Å². The number of halogens is 1. The van der Waals surface area contributed by atoms with Gasteiger partial charge in [0.1, 0.15) is 23.7 Å². The number of quaternary nitrogens is 1. The van der Waals surface area contributed by atoms with E-state index in [0.29, 0.717) is 5.69 Å². The fourth-order valence-electron chi connectivity index (χ4n) is 4.62. The molecule has 2 aromatic carbocycles. The van der Waals surface area contributed by atoms with Crippen LogP contribution in [0.4, 0.5) is 10.1 Å². The lowest BCUT2D eigenvalue weighted by atomic mass is 9.80. The van der Waals surface area contributed by atoms with Gasteiger partial charge in [0.15, 0.2) is 0 Å². The van der Waals surface area contributed by atoms with Gasteiger partial charge in [0.2, 0.25) is 17.4 Å². The lowest BCUT2D eigenvalue weighted by Crippen LogP contribution is -2.97.